The third-order valence-corrected chi connectivity index (χ3v) is 4.35. The fourth-order valence-corrected chi connectivity index (χ4v) is 3.04. The number of rotatable bonds is 7. The second-order valence-corrected chi connectivity index (χ2v) is 6.09. The lowest BCUT2D eigenvalue weighted by Gasteiger charge is -2.23. The molecule has 1 aliphatic rings. The Labute approximate surface area is 142 Å². The van der Waals surface area contributed by atoms with Gasteiger partial charge in [0.25, 0.3) is 0 Å². The van der Waals surface area contributed by atoms with Crippen molar-refractivity contribution in [3.8, 4) is 5.75 Å². The number of ether oxygens (including phenoxy) is 1. The molecule has 4 nitrogen and oxygen atoms in total. The number of aliphatic hydroxyl groups is 1. The van der Waals surface area contributed by atoms with Gasteiger partial charge in [-0.1, -0.05) is 25.1 Å². The van der Waals surface area contributed by atoms with E-state index in [-0.39, 0.29) is 12.4 Å². The van der Waals surface area contributed by atoms with Crippen LogP contribution in [0, 0.1) is 0 Å². The Morgan fingerprint density at radius 3 is 2.71 bits per heavy atom. The molecule has 24 heavy (non-hydrogen) atoms. The van der Waals surface area contributed by atoms with Crippen molar-refractivity contribution in [1.82, 2.24) is 0 Å². The Kier molecular flexibility index (Phi) is 5.16. The maximum atomic E-state index is 11.6. The van der Waals surface area contributed by atoms with E-state index in [0.29, 0.717) is 24.3 Å². The molecule has 1 aliphatic heterocycles. The van der Waals surface area contributed by atoms with E-state index in [4.69, 9.17) is 4.74 Å². The molecule has 4 heteroatoms. The molecule has 3 rings (SSSR count). The third kappa shape index (κ3) is 3.77. The van der Waals surface area contributed by atoms with E-state index in [1.807, 2.05) is 13.0 Å². The van der Waals surface area contributed by atoms with E-state index in [9.17, 15) is 9.90 Å². The Morgan fingerprint density at radius 2 is 1.96 bits per heavy atom. The number of para-hydroxylation sites is 1. The first kappa shape index (κ1) is 16.5. The van der Waals surface area contributed by atoms with Gasteiger partial charge < -0.3 is 14.7 Å². The summed E-state index contributed by atoms with van der Waals surface area (Å²) < 4.78 is 5.65. The van der Waals surface area contributed by atoms with Crippen LogP contribution < -0.4 is 9.64 Å². The van der Waals surface area contributed by atoms with Gasteiger partial charge in [-0.3, -0.25) is 4.79 Å². The number of carbonyl (C=O) groups excluding carboxylic acids is 1. The van der Waals surface area contributed by atoms with Gasteiger partial charge in [0.1, 0.15) is 18.5 Å². The number of ketones is 1. The standard InChI is InChI=1S/C20H23NO3/c1-2-20(23)16-7-9-18(10-8-16)24-14-17(22)13-21-12-11-15-5-3-4-6-19(15)21/h3-10,17,22H,2,11-14H2,1H3/t17-/m1/s1. The number of hydrogen-bond acceptors (Lipinski definition) is 4. The number of hydrogen-bond donors (Lipinski definition) is 1. The molecule has 0 saturated carbocycles. The van der Waals surface area contributed by atoms with Crippen molar-refractivity contribution >= 4 is 11.5 Å². The number of aliphatic hydroxyl groups excluding tert-OH is 1. The summed E-state index contributed by atoms with van der Waals surface area (Å²) in [4.78, 5) is 13.8. The van der Waals surface area contributed by atoms with Crippen LogP contribution in [0.5, 0.6) is 5.75 Å². The number of fused-ring (bicyclic) bond motifs is 1. The minimum atomic E-state index is -0.562. The fourth-order valence-electron chi connectivity index (χ4n) is 3.04. The molecular weight excluding hydrogens is 302 g/mol. The van der Waals surface area contributed by atoms with E-state index in [1.54, 1.807) is 24.3 Å². The van der Waals surface area contributed by atoms with Crippen LogP contribution in [-0.2, 0) is 6.42 Å². The zero-order valence-corrected chi connectivity index (χ0v) is 13.9. The molecule has 0 aromatic heterocycles. The van der Waals surface area contributed by atoms with Crippen LogP contribution in [0.3, 0.4) is 0 Å². The summed E-state index contributed by atoms with van der Waals surface area (Å²) in [6, 6.07) is 15.4. The van der Waals surface area contributed by atoms with Gasteiger partial charge in [0, 0.05) is 30.8 Å². The largest absolute Gasteiger partial charge is 0.491 e. The Hall–Kier alpha value is -2.33. The van der Waals surface area contributed by atoms with Crippen molar-refractivity contribution in [3.05, 3.63) is 59.7 Å². The quantitative estimate of drug-likeness (QED) is 0.795. The number of carbonyl (C=O) groups is 1. The molecule has 2 aromatic rings. The van der Waals surface area contributed by atoms with Crippen LogP contribution in [0.25, 0.3) is 0 Å². The predicted molar refractivity (Wildman–Crippen MR) is 94.9 cm³/mol. The molecule has 0 saturated heterocycles. The summed E-state index contributed by atoms with van der Waals surface area (Å²) in [5.41, 5.74) is 3.24. The first-order chi connectivity index (χ1) is 11.7. The van der Waals surface area contributed by atoms with Gasteiger partial charge in [-0.2, -0.15) is 0 Å². The zero-order chi connectivity index (χ0) is 16.9. The van der Waals surface area contributed by atoms with E-state index in [1.165, 1.54) is 11.3 Å². The van der Waals surface area contributed by atoms with Crippen molar-refractivity contribution in [2.45, 2.75) is 25.9 Å². The van der Waals surface area contributed by atoms with E-state index >= 15 is 0 Å². The van der Waals surface area contributed by atoms with Crippen molar-refractivity contribution in [1.29, 1.82) is 0 Å². The Morgan fingerprint density at radius 1 is 1.21 bits per heavy atom. The van der Waals surface area contributed by atoms with Gasteiger partial charge in [-0.15, -0.1) is 0 Å². The van der Waals surface area contributed by atoms with Gasteiger partial charge in [-0.05, 0) is 42.3 Å². The molecule has 1 atom stereocenters. The molecule has 0 unspecified atom stereocenters. The molecule has 0 bridgehead atoms. The maximum Gasteiger partial charge on any atom is 0.162 e. The van der Waals surface area contributed by atoms with Crippen LogP contribution in [0.15, 0.2) is 48.5 Å². The smallest absolute Gasteiger partial charge is 0.162 e. The number of anilines is 1. The highest BCUT2D eigenvalue weighted by Crippen LogP contribution is 2.27. The van der Waals surface area contributed by atoms with Crippen molar-refractivity contribution in [3.63, 3.8) is 0 Å². The van der Waals surface area contributed by atoms with Crippen LogP contribution in [0.2, 0.25) is 0 Å². The second-order valence-electron chi connectivity index (χ2n) is 6.09. The summed E-state index contributed by atoms with van der Waals surface area (Å²) >= 11 is 0. The number of nitrogens with zero attached hydrogens (tertiary/aromatic N) is 1. The Bertz CT molecular complexity index is 696. The number of β-amino-alcohol motifs (C(OH)–C–C–N with tert-alkyl or cyclic N) is 1. The van der Waals surface area contributed by atoms with Crippen LogP contribution in [0.4, 0.5) is 5.69 Å². The monoisotopic (exact) mass is 325 g/mol. The summed E-state index contributed by atoms with van der Waals surface area (Å²) in [7, 11) is 0. The minimum absolute atomic E-state index is 0.120. The molecule has 0 fully saturated rings. The van der Waals surface area contributed by atoms with Crippen LogP contribution >= 0.6 is 0 Å². The molecule has 0 amide bonds. The van der Waals surface area contributed by atoms with E-state index in [0.717, 1.165) is 13.0 Å². The third-order valence-electron chi connectivity index (χ3n) is 4.35. The lowest BCUT2D eigenvalue weighted by Crippen LogP contribution is -2.34. The van der Waals surface area contributed by atoms with E-state index < -0.39 is 6.10 Å². The lowest BCUT2D eigenvalue weighted by molar-refractivity contribution is 0.0987. The van der Waals surface area contributed by atoms with Crippen LogP contribution in [0.1, 0.15) is 29.3 Å². The molecule has 1 heterocycles. The topological polar surface area (TPSA) is 49.8 Å². The van der Waals surface area contributed by atoms with Crippen molar-refractivity contribution in [2.75, 3.05) is 24.6 Å². The van der Waals surface area contributed by atoms with Gasteiger partial charge in [0.2, 0.25) is 0 Å². The molecule has 0 spiro atoms. The number of benzene rings is 2. The number of Topliss-reactive ketones (excluding diaryl/α,β-unsaturated/α-hetero) is 1. The molecule has 0 aliphatic carbocycles. The first-order valence-corrected chi connectivity index (χ1v) is 8.44. The summed E-state index contributed by atoms with van der Waals surface area (Å²) in [5, 5.41) is 10.3. The second kappa shape index (κ2) is 7.49. The summed E-state index contributed by atoms with van der Waals surface area (Å²) in [6.07, 6.45) is 0.959. The molecule has 1 N–H and O–H groups in total. The average molecular weight is 325 g/mol. The predicted octanol–water partition coefficient (Wildman–Crippen LogP) is 3.08. The van der Waals surface area contributed by atoms with Crippen molar-refractivity contribution in [2.24, 2.45) is 0 Å². The van der Waals surface area contributed by atoms with Crippen molar-refractivity contribution < 1.29 is 14.6 Å². The SMILES string of the molecule is CCC(=O)c1ccc(OC[C@H](O)CN2CCc3ccccc32)cc1. The molecular formula is C20H23NO3. The highest BCUT2D eigenvalue weighted by Gasteiger charge is 2.20. The lowest BCUT2D eigenvalue weighted by atomic mass is 10.1. The maximum absolute atomic E-state index is 11.6. The van der Waals surface area contributed by atoms with Crippen LogP contribution in [-0.4, -0.2) is 36.7 Å². The first-order valence-electron chi connectivity index (χ1n) is 8.44. The van der Waals surface area contributed by atoms with Gasteiger partial charge in [0.15, 0.2) is 5.78 Å². The van der Waals surface area contributed by atoms with E-state index in [2.05, 4.69) is 23.1 Å². The highest BCUT2D eigenvalue weighted by atomic mass is 16.5. The van der Waals surface area contributed by atoms with Gasteiger partial charge in [0.05, 0.1) is 0 Å². The fraction of sp³-hybridized carbons (Fsp3) is 0.350. The Balaban J connectivity index is 1.51. The summed E-state index contributed by atoms with van der Waals surface area (Å²) in [6.45, 7) is 3.58. The molecule has 126 valence electrons. The highest BCUT2D eigenvalue weighted by molar-refractivity contribution is 5.95. The average Bonchev–Trinajstić information content (AvgIpc) is 3.03. The van der Waals surface area contributed by atoms with Gasteiger partial charge in [-0.25, -0.2) is 0 Å². The normalized spacial score (nSPS) is 14.3. The minimum Gasteiger partial charge on any atom is -0.491 e. The summed E-state index contributed by atoms with van der Waals surface area (Å²) in [5.74, 6) is 0.790. The molecule has 0 radical (unpaired) electrons. The zero-order valence-electron chi connectivity index (χ0n) is 13.9. The molecule has 2 aromatic carbocycles. The van der Waals surface area contributed by atoms with Gasteiger partial charge >= 0.3 is 0 Å².